The van der Waals surface area contributed by atoms with Crippen LogP contribution in [-0.2, 0) is 6.42 Å². The molecule has 1 aromatic carbocycles. The molecule has 1 amide bonds. The maximum atomic E-state index is 11.8. The lowest BCUT2D eigenvalue weighted by molar-refractivity contribution is 0.0953. The molecule has 1 aromatic heterocycles. The molecule has 19 heavy (non-hydrogen) atoms. The zero-order chi connectivity index (χ0) is 13.7. The summed E-state index contributed by atoms with van der Waals surface area (Å²) in [5.41, 5.74) is 1.68. The van der Waals surface area contributed by atoms with Crippen molar-refractivity contribution in [2.45, 2.75) is 6.42 Å². The minimum absolute atomic E-state index is 0.122. The number of carbonyl (C=O) groups excluding carboxylic acids is 1. The average molecular weight is 340 g/mol. The normalized spacial score (nSPS) is 10.2. The summed E-state index contributed by atoms with van der Waals surface area (Å²) in [6.45, 7) is 0.576. The summed E-state index contributed by atoms with van der Waals surface area (Å²) >= 11 is 9.10. The molecule has 0 saturated heterocycles. The van der Waals surface area contributed by atoms with Crippen LogP contribution in [0.25, 0.3) is 0 Å². The second-order valence-electron chi connectivity index (χ2n) is 4.02. The Morgan fingerprint density at radius 3 is 2.68 bits per heavy atom. The molecule has 0 aliphatic heterocycles. The minimum Gasteiger partial charge on any atom is -0.352 e. The standard InChI is InChI=1S/C14H12BrClN2O/c15-12-7-11(8-17-9-12)14(19)18-6-5-10-1-3-13(16)4-2-10/h1-4,7-9H,5-6H2,(H,18,19). The van der Waals surface area contributed by atoms with Crippen LogP contribution in [0.1, 0.15) is 15.9 Å². The number of nitrogens with zero attached hydrogens (tertiary/aromatic N) is 1. The van der Waals surface area contributed by atoms with Gasteiger partial charge in [0, 0.05) is 28.4 Å². The molecule has 2 aromatic rings. The number of carbonyl (C=O) groups is 1. The topological polar surface area (TPSA) is 42.0 Å². The van der Waals surface area contributed by atoms with Crippen molar-refractivity contribution in [3.05, 3.63) is 63.3 Å². The molecular weight excluding hydrogens is 328 g/mol. The van der Waals surface area contributed by atoms with E-state index < -0.39 is 0 Å². The molecule has 0 bridgehead atoms. The van der Waals surface area contributed by atoms with Gasteiger partial charge < -0.3 is 5.32 Å². The maximum Gasteiger partial charge on any atom is 0.252 e. The van der Waals surface area contributed by atoms with Crippen LogP contribution in [0.3, 0.4) is 0 Å². The SMILES string of the molecule is O=C(NCCc1ccc(Cl)cc1)c1cncc(Br)c1. The molecular formula is C14H12BrClN2O. The first-order valence-electron chi connectivity index (χ1n) is 5.78. The third-order valence-corrected chi connectivity index (χ3v) is 3.27. The molecule has 0 unspecified atom stereocenters. The number of pyridine rings is 1. The van der Waals surface area contributed by atoms with Crippen molar-refractivity contribution in [3.63, 3.8) is 0 Å². The first-order chi connectivity index (χ1) is 9.15. The second-order valence-corrected chi connectivity index (χ2v) is 5.38. The lowest BCUT2D eigenvalue weighted by Gasteiger charge is -2.05. The number of hydrogen-bond donors (Lipinski definition) is 1. The molecule has 0 atom stereocenters. The summed E-state index contributed by atoms with van der Waals surface area (Å²) < 4.78 is 0.790. The second kappa shape index (κ2) is 6.68. The molecule has 1 heterocycles. The molecule has 98 valence electrons. The van der Waals surface area contributed by atoms with Gasteiger partial charge in [-0.3, -0.25) is 9.78 Å². The Bertz CT molecular complexity index is 572. The molecule has 0 fully saturated rings. The van der Waals surface area contributed by atoms with Gasteiger partial charge in [0.05, 0.1) is 5.56 Å². The summed E-state index contributed by atoms with van der Waals surface area (Å²) in [4.78, 5) is 15.8. The Balaban J connectivity index is 1.86. The number of aromatic nitrogens is 1. The molecule has 0 saturated carbocycles. The van der Waals surface area contributed by atoms with E-state index in [-0.39, 0.29) is 5.91 Å². The predicted molar refractivity (Wildman–Crippen MR) is 79.4 cm³/mol. The van der Waals surface area contributed by atoms with E-state index in [4.69, 9.17) is 11.6 Å². The van der Waals surface area contributed by atoms with Crippen molar-refractivity contribution in [2.75, 3.05) is 6.54 Å². The fourth-order valence-corrected chi connectivity index (χ4v) is 2.10. The average Bonchev–Trinajstić information content (AvgIpc) is 2.41. The van der Waals surface area contributed by atoms with Crippen molar-refractivity contribution in [3.8, 4) is 0 Å². The molecule has 5 heteroatoms. The number of amides is 1. The molecule has 2 rings (SSSR count). The van der Waals surface area contributed by atoms with E-state index in [0.717, 1.165) is 16.5 Å². The highest BCUT2D eigenvalue weighted by Crippen LogP contribution is 2.10. The van der Waals surface area contributed by atoms with Gasteiger partial charge in [-0.15, -0.1) is 0 Å². The molecule has 0 aliphatic carbocycles. The maximum absolute atomic E-state index is 11.8. The van der Waals surface area contributed by atoms with Gasteiger partial charge in [-0.25, -0.2) is 0 Å². The van der Waals surface area contributed by atoms with E-state index in [0.29, 0.717) is 17.1 Å². The zero-order valence-corrected chi connectivity index (χ0v) is 12.4. The Labute approximate surface area is 125 Å². The smallest absolute Gasteiger partial charge is 0.252 e. The Kier molecular flexibility index (Phi) is 4.93. The van der Waals surface area contributed by atoms with Gasteiger partial charge >= 0.3 is 0 Å². The third kappa shape index (κ3) is 4.33. The fourth-order valence-electron chi connectivity index (χ4n) is 1.61. The van der Waals surface area contributed by atoms with E-state index in [1.807, 2.05) is 24.3 Å². The minimum atomic E-state index is -0.122. The first kappa shape index (κ1) is 14.0. The summed E-state index contributed by atoms with van der Waals surface area (Å²) in [5.74, 6) is -0.122. The molecule has 3 nitrogen and oxygen atoms in total. The number of nitrogens with one attached hydrogen (secondary N) is 1. The zero-order valence-electron chi connectivity index (χ0n) is 10.1. The van der Waals surface area contributed by atoms with E-state index in [1.54, 1.807) is 18.5 Å². The van der Waals surface area contributed by atoms with Crippen LogP contribution < -0.4 is 5.32 Å². The van der Waals surface area contributed by atoms with Gasteiger partial charge in [-0.1, -0.05) is 23.7 Å². The largest absolute Gasteiger partial charge is 0.352 e. The number of rotatable bonds is 4. The van der Waals surface area contributed by atoms with Crippen LogP contribution in [0.5, 0.6) is 0 Å². The first-order valence-corrected chi connectivity index (χ1v) is 6.95. The van der Waals surface area contributed by atoms with E-state index >= 15 is 0 Å². The van der Waals surface area contributed by atoms with Crippen molar-refractivity contribution in [1.29, 1.82) is 0 Å². The number of halogens is 2. The molecule has 0 radical (unpaired) electrons. The fraction of sp³-hybridized carbons (Fsp3) is 0.143. The van der Waals surface area contributed by atoms with Crippen molar-refractivity contribution in [1.82, 2.24) is 10.3 Å². The highest BCUT2D eigenvalue weighted by Gasteiger charge is 2.05. The monoisotopic (exact) mass is 338 g/mol. The Hall–Kier alpha value is -1.39. The Morgan fingerprint density at radius 1 is 1.26 bits per heavy atom. The van der Waals surface area contributed by atoms with E-state index in [9.17, 15) is 4.79 Å². The lowest BCUT2D eigenvalue weighted by atomic mass is 10.1. The van der Waals surface area contributed by atoms with Crippen LogP contribution >= 0.6 is 27.5 Å². The third-order valence-electron chi connectivity index (χ3n) is 2.58. The van der Waals surface area contributed by atoms with Crippen LogP contribution in [-0.4, -0.2) is 17.4 Å². The van der Waals surface area contributed by atoms with Crippen LogP contribution in [0.15, 0.2) is 47.2 Å². The summed E-state index contributed by atoms with van der Waals surface area (Å²) in [6, 6.07) is 9.34. The van der Waals surface area contributed by atoms with Gasteiger partial charge in [0.15, 0.2) is 0 Å². The van der Waals surface area contributed by atoms with Gasteiger partial charge in [0.1, 0.15) is 0 Å². The predicted octanol–water partition coefficient (Wildman–Crippen LogP) is 3.47. The van der Waals surface area contributed by atoms with Crippen molar-refractivity contribution >= 4 is 33.4 Å². The van der Waals surface area contributed by atoms with Crippen molar-refractivity contribution < 1.29 is 4.79 Å². The lowest BCUT2D eigenvalue weighted by Crippen LogP contribution is -2.25. The summed E-state index contributed by atoms with van der Waals surface area (Å²) in [7, 11) is 0. The molecule has 0 aliphatic rings. The summed E-state index contributed by atoms with van der Waals surface area (Å²) in [5, 5.41) is 3.57. The van der Waals surface area contributed by atoms with Gasteiger partial charge in [-0.2, -0.15) is 0 Å². The molecule has 0 spiro atoms. The van der Waals surface area contributed by atoms with Gasteiger partial charge in [0.2, 0.25) is 0 Å². The molecule has 1 N–H and O–H groups in total. The number of benzene rings is 1. The van der Waals surface area contributed by atoms with Gasteiger partial charge in [0.25, 0.3) is 5.91 Å². The summed E-state index contributed by atoms with van der Waals surface area (Å²) in [6.07, 6.45) is 3.96. The van der Waals surface area contributed by atoms with Crippen molar-refractivity contribution in [2.24, 2.45) is 0 Å². The Morgan fingerprint density at radius 2 is 2.00 bits per heavy atom. The van der Waals surface area contributed by atoms with E-state index in [1.165, 1.54) is 0 Å². The van der Waals surface area contributed by atoms with Crippen LogP contribution in [0.2, 0.25) is 5.02 Å². The van der Waals surface area contributed by atoms with Gasteiger partial charge in [-0.05, 0) is 46.1 Å². The quantitative estimate of drug-likeness (QED) is 0.927. The number of hydrogen-bond acceptors (Lipinski definition) is 2. The highest BCUT2D eigenvalue weighted by atomic mass is 79.9. The van der Waals surface area contributed by atoms with Crippen LogP contribution in [0.4, 0.5) is 0 Å². The van der Waals surface area contributed by atoms with Crippen LogP contribution in [0, 0.1) is 0 Å². The van der Waals surface area contributed by atoms with E-state index in [2.05, 4.69) is 26.2 Å². The highest BCUT2D eigenvalue weighted by molar-refractivity contribution is 9.10.